The van der Waals surface area contributed by atoms with Gasteiger partial charge in [-0.15, -0.1) is 0 Å². The number of ether oxygens (including phenoxy) is 1. The van der Waals surface area contributed by atoms with E-state index in [1.807, 2.05) is 30.6 Å². The number of amides is 2. The molecule has 8 heteroatoms. The lowest BCUT2D eigenvalue weighted by atomic mass is 9.60. The topological polar surface area (TPSA) is 67.7 Å². The molecule has 0 aromatic carbocycles. The summed E-state index contributed by atoms with van der Waals surface area (Å²) >= 11 is 2.29. The van der Waals surface area contributed by atoms with Gasteiger partial charge in [-0.2, -0.15) is 5.10 Å². The van der Waals surface area contributed by atoms with Gasteiger partial charge in [-0.1, -0.05) is 0 Å². The van der Waals surface area contributed by atoms with Gasteiger partial charge in [0.2, 0.25) is 5.91 Å². The number of carbonyl (C=O) groups excluding carboxylic acids is 2. The molecule has 1 aromatic heterocycles. The minimum Gasteiger partial charge on any atom is -0.444 e. The maximum absolute atomic E-state index is 12.2. The molecular weight excluding hydrogens is 459 g/mol. The Morgan fingerprint density at radius 1 is 1.22 bits per heavy atom. The molecule has 148 valence electrons. The largest absolute Gasteiger partial charge is 0.444 e. The van der Waals surface area contributed by atoms with E-state index < -0.39 is 5.60 Å². The number of halogens is 1. The van der Waals surface area contributed by atoms with Gasteiger partial charge in [0.15, 0.2) is 0 Å². The number of nitrogens with zero attached hydrogens (tertiary/aromatic N) is 4. The molecule has 0 unspecified atom stereocenters. The smallest absolute Gasteiger partial charge is 0.410 e. The van der Waals surface area contributed by atoms with E-state index in [9.17, 15) is 9.59 Å². The zero-order valence-electron chi connectivity index (χ0n) is 16.4. The normalized spacial score (nSPS) is 21.5. The van der Waals surface area contributed by atoms with Crippen LogP contribution in [0.15, 0.2) is 0 Å². The van der Waals surface area contributed by atoms with Gasteiger partial charge in [-0.3, -0.25) is 9.48 Å². The molecule has 2 amide bonds. The van der Waals surface area contributed by atoms with Crippen molar-refractivity contribution in [1.29, 1.82) is 0 Å². The van der Waals surface area contributed by atoms with E-state index in [4.69, 9.17) is 9.84 Å². The number of hydrogen-bond donors (Lipinski definition) is 0. The highest BCUT2D eigenvalue weighted by atomic mass is 127. The first-order chi connectivity index (χ1) is 12.6. The first kappa shape index (κ1) is 19.0. The molecule has 0 N–H and O–H groups in total. The second-order valence-corrected chi connectivity index (χ2v) is 10.3. The number of aromatic nitrogens is 2. The van der Waals surface area contributed by atoms with E-state index in [0.29, 0.717) is 12.6 Å². The third kappa shape index (κ3) is 3.45. The predicted molar refractivity (Wildman–Crippen MR) is 108 cm³/mol. The van der Waals surface area contributed by atoms with Crippen molar-refractivity contribution in [2.45, 2.75) is 65.1 Å². The van der Waals surface area contributed by atoms with Crippen molar-refractivity contribution in [1.82, 2.24) is 19.6 Å². The summed E-state index contributed by atoms with van der Waals surface area (Å²) in [7, 11) is 0. The zero-order chi connectivity index (χ0) is 19.6. The van der Waals surface area contributed by atoms with E-state index in [1.165, 1.54) is 11.3 Å². The average Bonchev–Trinajstić information content (AvgIpc) is 2.79. The Morgan fingerprint density at radius 2 is 1.89 bits per heavy atom. The first-order valence-corrected chi connectivity index (χ1v) is 10.6. The Morgan fingerprint density at radius 3 is 2.48 bits per heavy atom. The fraction of sp³-hybridized carbons (Fsp3) is 0.737. The van der Waals surface area contributed by atoms with Crippen LogP contribution in [0.2, 0.25) is 0 Å². The van der Waals surface area contributed by atoms with Crippen molar-refractivity contribution in [3.63, 3.8) is 0 Å². The Labute approximate surface area is 173 Å². The zero-order valence-corrected chi connectivity index (χ0v) is 18.6. The van der Waals surface area contributed by atoms with Gasteiger partial charge in [0.05, 0.1) is 12.6 Å². The average molecular weight is 486 g/mol. The SMILES string of the molecule is CC(=O)N1CCc2c(c(I)nn2C2CC3(C2)CN(C(=O)OC(C)(C)C)C3)C1. The lowest BCUT2D eigenvalue weighted by Gasteiger charge is -2.58. The summed E-state index contributed by atoms with van der Waals surface area (Å²) in [5.74, 6) is 0.128. The van der Waals surface area contributed by atoms with Gasteiger partial charge in [0.1, 0.15) is 9.30 Å². The van der Waals surface area contributed by atoms with Crippen LogP contribution >= 0.6 is 22.6 Å². The van der Waals surface area contributed by atoms with Crippen LogP contribution in [0.4, 0.5) is 4.79 Å². The maximum atomic E-state index is 12.2. The number of fused-ring (bicyclic) bond motifs is 1. The third-order valence-electron chi connectivity index (χ3n) is 5.87. The molecule has 3 aliphatic rings. The molecule has 4 rings (SSSR count). The van der Waals surface area contributed by atoms with Crippen LogP contribution in [0.5, 0.6) is 0 Å². The monoisotopic (exact) mass is 486 g/mol. The summed E-state index contributed by atoms with van der Waals surface area (Å²) in [4.78, 5) is 27.5. The highest BCUT2D eigenvalue weighted by Gasteiger charge is 2.55. The van der Waals surface area contributed by atoms with E-state index in [1.54, 1.807) is 6.92 Å². The van der Waals surface area contributed by atoms with Gasteiger partial charge < -0.3 is 14.5 Å². The number of hydrogen-bond acceptors (Lipinski definition) is 4. The van der Waals surface area contributed by atoms with Gasteiger partial charge in [0, 0.05) is 49.7 Å². The predicted octanol–water partition coefficient (Wildman–Crippen LogP) is 2.96. The van der Waals surface area contributed by atoms with Gasteiger partial charge in [0.25, 0.3) is 0 Å². The standard InChI is InChI=1S/C19H27IN4O3/c1-12(25)22-6-5-15-14(9-22)16(20)21-24(15)13-7-19(8-13)10-23(11-19)17(26)27-18(2,3)4/h13H,5-11H2,1-4H3. The Hall–Kier alpha value is -1.32. The van der Waals surface area contributed by atoms with Crippen molar-refractivity contribution in [2.24, 2.45) is 5.41 Å². The van der Waals surface area contributed by atoms with Crippen molar-refractivity contribution in [3.8, 4) is 0 Å². The summed E-state index contributed by atoms with van der Waals surface area (Å²) in [6, 6.07) is 0.409. The second-order valence-electron chi connectivity index (χ2n) is 9.25. The lowest BCUT2D eigenvalue weighted by Crippen LogP contribution is -2.64. The summed E-state index contributed by atoms with van der Waals surface area (Å²) in [6.07, 6.45) is 2.80. The van der Waals surface area contributed by atoms with E-state index in [0.717, 1.165) is 42.6 Å². The second kappa shape index (κ2) is 6.35. The lowest BCUT2D eigenvalue weighted by molar-refractivity contribution is -0.129. The Balaban J connectivity index is 1.37. The quantitative estimate of drug-likeness (QED) is 0.573. The molecule has 0 bridgehead atoms. The molecule has 3 heterocycles. The van der Waals surface area contributed by atoms with Crippen molar-refractivity contribution >= 4 is 34.6 Å². The van der Waals surface area contributed by atoms with Gasteiger partial charge >= 0.3 is 6.09 Å². The molecular formula is C19H27IN4O3. The van der Waals surface area contributed by atoms with Crippen LogP contribution < -0.4 is 0 Å². The van der Waals surface area contributed by atoms with Crippen LogP contribution in [0.1, 0.15) is 57.8 Å². The molecule has 1 saturated carbocycles. The summed E-state index contributed by atoms with van der Waals surface area (Å²) < 4.78 is 8.68. The van der Waals surface area contributed by atoms with Crippen LogP contribution in [0, 0.1) is 9.12 Å². The minimum atomic E-state index is -0.444. The summed E-state index contributed by atoms with van der Waals surface area (Å²) in [5.41, 5.74) is 2.30. The third-order valence-corrected chi connectivity index (χ3v) is 6.74. The van der Waals surface area contributed by atoms with E-state index in [-0.39, 0.29) is 17.4 Å². The van der Waals surface area contributed by atoms with Gasteiger partial charge in [-0.05, 0) is 56.2 Å². The molecule has 7 nitrogen and oxygen atoms in total. The minimum absolute atomic E-state index is 0.128. The summed E-state index contributed by atoms with van der Waals surface area (Å²) in [5, 5.41) is 4.79. The van der Waals surface area contributed by atoms with Crippen molar-refractivity contribution in [3.05, 3.63) is 15.0 Å². The van der Waals surface area contributed by atoms with Crippen molar-refractivity contribution in [2.75, 3.05) is 19.6 Å². The molecule has 1 spiro atoms. The van der Waals surface area contributed by atoms with E-state index >= 15 is 0 Å². The van der Waals surface area contributed by atoms with Crippen molar-refractivity contribution < 1.29 is 14.3 Å². The molecule has 27 heavy (non-hydrogen) atoms. The fourth-order valence-corrected chi connectivity index (χ4v) is 5.28. The van der Waals surface area contributed by atoms with Crippen LogP contribution in [0.3, 0.4) is 0 Å². The van der Waals surface area contributed by atoms with Crippen LogP contribution in [0.25, 0.3) is 0 Å². The number of likely N-dealkylation sites (tertiary alicyclic amines) is 1. The number of rotatable bonds is 1. The maximum Gasteiger partial charge on any atom is 0.410 e. The Kier molecular flexibility index (Phi) is 4.47. The van der Waals surface area contributed by atoms with Crippen LogP contribution in [-0.2, 0) is 22.5 Å². The Bertz CT molecular complexity index is 784. The number of carbonyl (C=O) groups is 2. The van der Waals surface area contributed by atoms with E-state index in [2.05, 4.69) is 27.3 Å². The highest BCUT2D eigenvalue weighted by Crippen LogP contribution is 2.54. The molecule has 0 atom stereocenters. The highest BCUT2D eigenvalue weighted by molar-refractivity contribution is 14.1. The van der Waals surface area contributed by atoms with Gasteiger partial charge in [-0.25, -0.2) is 4.79 Å². The fourth-order valence-electron chi connectivity index (χ4n) is 4.57. The molecule has 2 aliphatic heterocycles. The molecule has 2 fully saturated rings. The molecule has 0 radical (unpaired) electrons. The first-order valence-electron chi connectivity index (χ1n) is 9.56. The summed E-state index contributed by atoms with van der Waals surface area (Å²) in [6.45, 7) is 10.3. The molecule has 1 aromatic rings. The molecule has 1 saturated heterocycles. The van der Waals surface area contributed by atoms with Crippen LogP contribution in [-0.4, -0.2) is 56.8 Å². The molecule has 1 aliphatic carbocycles.